The number of aromatic nitrogens is 2. The molecule has 1 aromatic carbocycles. The first-order chi connectivity index (χ1) is 10.5. The van der Waals surface area contributed by atoms with Crippen LogP contribution in [0.2, 0.25) is 0 Å². The highest BCUT2D eigenvalue weighted by molar-refractivity contribution is 8.00. The molecule has 0 atom stereocenters. The summed E-state index contributed by atoms with van der Waals surface area (Å²) in [5.74, 6) is -2.34. The number of nitrogens with one attached hydrogen (secondary N) is 1. The molecule has 112 valence electrons. The summed E-state index contributed by atoms with van der Waals surface area (Å²) in [4.78, 5) is 30.2. The van der Waals surface area contributed by atoms with Crippen molar-refractivity contribution >= 4 is 29.3 Å². The third-order valence-corrected chi connectivity index (χ3v) is 3.76. The van der Waals surface area contributed by atoms with Crippen LogP contribution in [0.4, 0.5) is 10.1 Å². The molecular weight excluding hydrogens is 313 g/mol. The number of carboxylic acid groups (broad SMARTS) is 1. The summed E-state index contributed by atoms with van der Waals surface area (Å²) in [5.41, 5.74) is 0.113. The molecule has 0 aliphatic carbocycles. The zero-order chi connectivity index (χ0) is 15.7. The van der Waals surface area contributed by atoms with Crippen LogP contribution in [0.1, 0.15) is 10.4 Å². The molecule has 0 radical (unpaired) electrons. The van der Waals surface area contributed by atoms with Crippen LogP contribution in [0.15, 0.2) is 29.6 Å². The highest BCUT2D eigenvalue weighted by atomic mass is 32.2. The van der Waals surface area contributed by atoms with Crippen molar-refractivity contribution < 1.29 is 23.8 Å². The lowest BCUT2D eigenvalue weighted by molar-refractivity contribution is -0.113. The minimum Gasteiger partial charge on any atom is -0.478 e. The molecule has 22 heavy (non-hydrogen) atoms. The molecule has 1 aliphatic heterocycles. The first-order valence-electron chi connectivity index (χ1n) is 6.03. The molecule has 2 aromatic rings. The van der Waals surface area contributed by atoms with E-state index in [9.17, 15) is 14.0 Å². The van der Waals surface area contributed by atoms with Crippen molar-refractivity contribution in [2.75, 3.05) is 11.1 Å². The normalized spacial score (nSPS) is 13.2. The van der Waals surface area contributed by atoms with Gasteiger partial charge in [0.25, 0.3) is 0 Å². The van der Waals surface area contributed by atoms with Crippen LogP contribution in [0.5, 0.6) is 11.6 Å². The smallest absolute Gasteiger partial charge is 0.335 e. The fourth-order valence-corrected chi connectivity index (χ4v) is 2.52. The van der Waals surface area contributed by atoms with Crippen LogP contribution in [-0.4, -0.2) is 32.7 Å². The Hall–Kier alpha value is -2.68. The van der Waals surface area contributed by atoms with Gasteiger partial charge in [0.2, 0.25) is 11.8 Å². The molecule has 0 unspecified atom stereocenters. The summed E-state index contributed by atoms with van der Waals surface area (Å²) < 4.78 is 19.1. The van der Waals surface area contributed by atoms with Crippen LogP contribution in [0, 0.1) is 5.82 Å². The van der Waals surface area contributed by atoms with Crippen molar-refractivity contribution in [3.63, 3.8) is 0 Å². The monoisotopic (exact) mass is 321 g/mol. The summed E-state index contributed by atoms with van der Waals surface area (Å²) in [6.07, 6.45) is 1.22. The lowest BCUT2D eigenvalue weighted by atomic mass is 10.2. The molecule has 0 bridgehead atoms. The molecule has 2 N–H and O–H groups in total. The summed E-state index contributed by atoms with van der Waals surface area (Å²) >= 11 is 1.20. The number of fused-ring (bicyclic) bond motifs is 1. The minimum absolute atomic E-state index is 0.0491. The Labute approximate surface area is 127 Å². The Kier molecular flexibility index (Phi) is 3.63. The largest absolute Gasteiger partial charge is 0.478 e. The molecule has 1 aliphatic rings. The van der Waals surface area contributed by atoms with Gasteiger partial charge in [-0.15, -0.1) is 0 Å². The number of carbonyl (C=O) groups is 2. The zero-order valence-electron chi connectivity index (χ0n) is 10.9. The highest BCUT2D eigenvalue weighted by Crippen LogP contribution is 2.37. The first kappa shape index (κ1) is 14.3. The number of rotatable bonds is 3. The quantitative estimate of drug-likeness (QED) is 0.835. The number of thioether (sulfide) groups is 1. The number of amides is 1. The van der Waals surface area contributed by atoms with Gasteiger partial charge >= 0.3 is 5.97 Å². The van der Waals surface area contributed by atoms with E-state index in [4.69, 9.17) is 9.84 Å². The first-order valence-corrected chi connectivity index (χ1v) is 7.01. The standard InChI is InChI=1S/C13H8FN3O4S/c14-7-2-1-6(13(19)20)3-8(7)21-11-10-12(16-5-15-11)22-4-9(18)17-10/h1-3,5H,4H2,(H,17,18)(H,19,20). The molecule has 3 rings (SSSR count). The number of hydrogen-bond acceptors (Lipinski definition) is 6. The van der Waals surface area contributed by atoms with Crippen LogP contribution in [0.3, 0.4) is 0 Å². The number of carbonyl (C=O) groups excluding carboxylic acids is 1. The maximum atomic E-state index is 13.8. The van der Waals surface area contributed by atoms with E-state index < -0.39 is 11.8 Å². The van der Waals surface area contributed by atoms with Crippen LogP contribution < -0.4 is 10.1 Å². The lowest BCUT2D eigenvalue weighted by Gasteiger charge is -2.17. The molecule has 9 heteroatoms. The molecule has 2 heterocycles. The fraction of sp³-hybridized carbons (Fsp3) is 0.0769. The Balaban J connectivity index is 1.99. The number of halogens is 1. The lowest BCUT2D eigenvalue weighted by Crippen LogP contribution is -2.20. The maximum Gasteiger partial charge on any atom is 0.335 e. The summed E-state index contributed by atoms with van der Waals surface area (Å²) in [5, 5.41) is 12.0. The topological polar surface area (TPSA) is 101 Å². The minimum atomic E-state index is -1.21. The second kappa shape index (κ2) is 5.60. The Morgan fingerprint density at radius 1 is 1.41 bits per heavy atom. The number of aromatic carboxylic acids is 1. The van der Waals surface area contributed by atoms with Crippen molar-refractivity contribution in [2.24, 2.45) is 0 Å². The Morgan fingerprint density at radius 2 is 2.23 bits per heavy atom. The van der Waals surface area contributed by atoms with E-state index in [2.05, 4.69) is 15.3 Å². The maximum absolute atomic E-state index is 13.8. The van der Waals surface area contributed by atoms with E-state index in [1.54, 1.807) is 0 Å². The third-order valence-electron chi connectivity index (χ3n) is 2.77. The molecule has 0 fully saturated rings. The van der Waals surface area contributed by atoms with E-state index in [0.717, 1.165) is 18.2 Å². The van der Waals surface area contributed by atoms with Crippen molar-refractivity contribution in [3.05, 3.63) is 35.9 Å². The summed E-state index contributed by atoms with van der Waals surface area (Å²) in [6, 6.07) is 3.15. The van der Waals surface area contributed by atoms with Gasteiger partial charge in [-0.05, 0) is 18.2 Å². The molecule has 1 aromatic heterocycles. The van der Waals surface area contributed by atoms with E-state index in [-0.39, 0.29) is 34.5 Å². The predicted octanol–water partition coefficient (Wildman–Crippen LogP) is 2.15. The van der Waals surface area contributed by atoms with Gasteiger partial charge in [-0.3, -0.25) is 4.79 Å². The van der Waals surface area contributed by atoms with E-state index >= 15 is 0 Å². The van der Waals surface area contributed by atoms with Gasteiger partial charge in [0.15, 0.2) is 11.6 Å². The third kappa shape index (κ3) is 2.70. The molecule has 1 amide bonds. The van der Waals surface area contributed by atoms with E-state index in [0.29, 0.717) is 5.03 Å². The van der Waals surface area contributed by atoms with Gasteiger partial charge in [-0.25, -0.2) is 14.2 Å². The number of hydrogen-bond donors (Lipinski definition) is 2. The number of carboxylic acids is 1. The summed E-state index contributed by atoms with van der Waals surface area (Å²) in [7, 11) is 0. The van der Waals surface area contributed by atoms with E-state index in [1.807, 2.05) is 0 Å². The molecule has 0 saturated carbocycles. The van der Waals surface area contributed by atoms with Crippen molar-refractivity contribution in [3.8, 4) is 11.6 Å². The van der Waals surface area contributed by atoms with Gasteiger partial charge < -0.3 is 15.2 Å². The molecule has 0 saturated heterocycles. The molecule has 0 spiro atoms. The van der Waals surface area contributed by atoms with Crippen molar-refractivity contribution in [1.29, 1.82) is 0 Å². The predicted molar refractivity (Wildman–Crippen MR) is 74.8 cm³/mol. The van der Waals surface area contributed by atoms with Gasteiger partial charge in [0.05, 0.1) is 11.3 Å². The van der Waals surface area contributed by atoms with E-state index in [1.165, 1.54) is 18.1 Å². The number of ether oxygens (including phenoxy) is 1. The molecular formula is C13H8FN3O4S. The van der Waals surface area contributed by atoms with Gasteiger partial charge in [-0.2, -0.15) is 4.98 Å². The van der Waals surface area contributed by atoms with Crippen molar-refractivity contribution in [2.45, 2.75) is 5.03 Å². The highest BCUT2D eigenvalue weighted by Gasteiger charge is 2.23. The molecule has 7 nitrogen and oxygen atoms in total. The number of nitrogens with zero attached hydrogens (tertiary/aromatic N) is 2. The Bertz CT molecular complexity index is 784. The zero-order valence-corrected chi connectivity index (χ0v) is 11.7. The van der Waals surface area contributed by atoms with Gasteiger partial charge in [0.1, 0.15) is 17.0 Å². The summed E-state index contributed by atoms with van der Waals surface area (Å²) in [6.45, 7) is 0. The number of benzene rings is 1. The average molecular weight is 321 g/mol. The van der Waals surface area contributed by atoms with Crippen LogP contribution in [-0.2, 0) is 4.79 Å². The Morgan fingerprint density at radius 3 is 3.00 bits per heavy atom. The SMILES string of the molecule is O=C1CSc2ncnc(Oc3cc(C(=O)O)ccc3F)c2N1. The van der Waals surface area contributed by atoms with Gasteiger partial charge in [-0.1, -0.05) is 11.8 Å². The average Bonchev–Trinajstić information content (AvgIpc) is 2.49. The van der Waals surface area contributed by atoms with Crippen LogP contribution >= 0.6 is 11.8 Å². The van der Waals surface area contributed by atoms with Crippen LogP contribution in [0.25, 0.3) is 0 Å². The number of anilines is 1. The second-order valence-corrected chi connectivity index (χ2v) is 5.21. The fourth-order valence-electron chi connectivity index (χ4n) is 1.78. The van der Waals surface area contributed by atoms with Crippen molar-refractivity contribution in [1.82, 2.24) is 9.97 Å². The van der Waals surface area contributed by atoms with Gasteiger partial charge in [0, 0.05) is 0 Å². The second-order valence-electron chi connectivity index (χ2n) is 4.25.